The molecule has 0 heterocycles. The van der Waals surface area contributed by atoms with Crippen LogP contribution in [0.25, 0.3) is 0 Å². The van der Waals surface area contributed by atoms with E-state index in [0.717, 1.165) is 11.3 Å². The maximum absolute atomic E-state index is 10.8. The quantitative estimate of drug-likeness (QED) is 0.879. The lowest BCUT2D eigenvalue weighted by Gasteiger charge is -2.24. The van der Waals surface area contributed by atoms with Gasteiger partial charge in [-0.1, -0.05) is 41.9 Å². The Morgan fingerprint density at radius 3 is 2.30 bits per heavy atom. The summed E-state index contributed by atoms with van der Waals surface area (Å²) in [5.41, 5.74) is 2.12. The first-order valence-electron chi connectivity index (χ1n) is 6.41. The predicted molar refractivity (Wildman–Crippen MR) is 81.2 cm³/mol. The van der Waals surface area contributed by atoms with Gasteiger partial charge in [-0.05, 0) is 29.8 Å². The number of aliphatic carboxylic acids is 1. The Kier molecular flexibility index (Phi) is 5.02. The third-order valence-electron chi connectivity index (χ3n) is 3.00. The molecule has 0 aliphatic heterocycles. The van der Waals surface area contributed by atoms with Crippen molar-refractivity contribution in [3.63, 3.8) is 0 Å². The number of benzene rings is 2. The molecule has 0 unspecified atom stereocenters. The van der Waals surface area contributed by atoms with Gasteiger partial charge < -0.3 is 10.0 Å². The molecule has 0 fully saturated rings. The molecule has 0 atom stereocenters. The maximum atomic E-state index is 10.8. The molecule has 104 valence electrons. The zero-order valence-corrected chi connectivity index (χ0v) is 11.8. The molecular weight excluding hydrogens is 274 g/mol. The van der Waals surface area contributed by atoms with E-state index in [9.17, 15) is 4.79 Å². The van der Waals surface area contributed by atoms with Gasteiger partial charge in [-0.25, -0.2) is 0 Å². The van der Waals surface area contributed by atoms with Gasteiger partial charge in [-0.2, -0.15) is 0 Å². The SMILES string of the molecule is O=C(O)CCN(Cc1ccccc1)c1ccc(Cl)cc1. The molecule has 20 heavy (non-hydrogen) atoms. The molecule has 2 rings (SSSR count). The maximum Gasteiger partial charge on any atom is 0.305 e. The van der Waals surface area contributed by atoms with Gasteiger partial charge in [-0.3, -0.25) is 4.79 Å². The third kappa shape index (κ3) is 4.28. The van der Waals surface area contributed by atoms with Crippen LogP contribution < -0.4 is 4.90 Å². The second-order valence-corrected chi connectivity index (χ2v) is 4.96. The number of rotatable bonds is 6. The van der Waals surface area contributed by atoms with Gasteiger partial charge in [0.25, 0.3) is 0 Å². The Morgan fingerprint density at radius 2 is 1.70 bits per heavy atom. The molecule has 0 saturated heterocycles. The van der Waals surface area contributed by atoms with Crippen molar-refractivity contribution in [3.05, 3.63) is 65.2 Å². The molecule has 0 radical (unpaired) electrons. The van der Waals surface area contributed by atoms with Crippen LogP contribution in [0.4, 0.5) is 5.69 Å². The minimum Gasteiger partial charge on any atom is -0.481 e. The molecule has 2 aromatic carbocycles. The van der Waals surface area contributed by atoms with Crippen LogP contribution in [0, 0.1) is 0 Å². The van der Waals surface area contributed by atoms with Crippen molar-refractivity contribution in [2.24, 2.45) is 0 Å². The average Bonchev–Trinajstić information content (AvgIpc) is 2.45. The summed E-state index contributed by atoms with van der Waals surface area (Å²) >= 11 is 5.89. The number of carbonyl (C=O) groups is 1. The number of hydrogen-bond acceptors (Lipinski definition) is 2. The zero-order chi connectivity index (χ0) is 14.4. The Balaban J connectivity index is 2.15. The number of carboxylic acid groups (broad SMARTS) is 1. The Bertz CT molecular complexity index is 554. The van der Waals surface area contributed by atoms with Crippen LogP contribution in [-0.2, 0) is 11.3 Å². The van der Waals surface area contributed by atoms with E-state index in [0.29, 0.717) is 18.1 Å². The normalized spacial score (nSPS) is 10.2. The first-order chi connectivity index (χ1) is 9.65. The Morgan fingerprint density at radius 1 is 1.05 bits per heavy atom. The summed E-state index contributed by atoms with van der Waals surface area (Å²) in [6.07, 6.45) is 0.107. The summed E-state index contributed by atoms with van der Waals surface area (Å²) in [4.78, 5) is 12.8. The van der Waals surface area contributed by atoms with E-state index in [2.05, 4.69) is 0 Å². The lowest BCUT2D eigenvalue weighted by atomic mass is 10.2. The average molecular weight is 290 g/mol. The second kappa shape index (κ2) is 6.96. The van der Waals surface area contributed by atoms with Gasteiger partial charge in [0.15, 0.2) is 0 Å². The summed E-state index contributed by atoms with van der Waals surface area (Å²) in [7, 11) is 0. The van der Waals surface area contributed by atoms with Crippen LogP contribution in [0.15, 0.2) is 54.6 Å². The lowest BCUT2D eigenvalue weighted by molar-refractivity contribution is -0.136. The van der Waals surface area contributed by atoms with Crippen molar-refractivity contribution in [2.45, 2.75) is 13.0 Å². The third-order valence-corrected chi connectivity index (χ3v) is 3.26. The monoisotopic (exact) mass is 289 g/mol. The summed E-state index contributed by atoms with van der Waals surface area (Å²) in [5, 5.41) is 9.54. The largest absolute Gasteiger partial charge is 0.481 e. The van der Waals surface area contributed by atoms with Crippen molar-refractivity contribution in [3.8, 4) is 0 Å². The fourth-order valence-electron chi connectivity index (χ4n) is 1.99. The summed E-state index contributed by atoms with van der Waals surface area (Å²) in [6, 6.07) is 17.4. The predicted octanol–water partition coefficient (Wildman–Crippen LogP) is 3.82. The molecule has 0 bridgehead atoms. The van der Waals surface area contributed by atoms with Crippen LogP contribution in [0.3, 0.4) is 0 Å². The van der Waals surface area contributed by atoms with E-state index in [4.69, 9.17) is 16.7 Å². The van der Waals surface area contributed by atoms with Crippen molar-refractivity contribution in [1.82, 2.24) is 0 Å². The molecule has 0 amide bonds. The molecule has 0 saturated carbocycles. The van der Waals surface area contributed by atoms with Crippen LogP contribution in [0.5, 0.6) is 0 Å². The number of carboxylic acids is 1. The minimum atomic E-state index is -0.794. The van der Waals surface area contributed by atoms with E-state index >= 15 is 0 Å². The molecule has 2 aromatic rings. The number of nitrogens with zero attached hydrogens (tertiary/aromatic N) is 1. The van der Waals surface area contributed by atoms with Gasteiger partial charge in [0, 0.05) is 23.8 Å². The number of hydrogen-bond donors (Lipinski definition) is 1. The van der Waals surface area contributed by atoms with E-state index in [1.54, 1.807) is 0 Å². The van der Waals surface area contributed by atoms with Crippen LogP contribution in [0.2, 0.25) is 5.02 Å². The van der Waals surface area contributed by atoms with Gasteiger partial charge in [0.05, 0.1) is 6.42 Å². The van der Waals surface area contributed by atoms with Crippen LogP contribution in [0.1, 0.15) is 12.0 Å². The molecule has 0 aliphatic carbocycles. The fraction of sp³-hybridized carbons (Fsp3) is 0.188. The van der Waals surface area contributed by atoms with Gasteiger partial charge in [-0.15, -0.1) is 0 Å². The van der Waals surface area contributed by atoms with E-state index < -0.39 is 5.97 Å². The van der Waals surface area contributed by atoms with Gasteiger partial charge in [0.1, 0.15) is 0 Å². The van der Waals surface area contributed by atoms with E-state index in [-0.39, 0.29) is 6.42 Å². The highest BCUT2D eigenvalue weighted by atomic mass is 35.5. The molecular formula is C16H16ClNO2. The molecule has 0 aliphatic rings. The highest BCUT2D eigenvalue weighted by molar-refractivity contribution is 6.30. The fourth-order valence-corrected chi connectivity index (χ4v) is 2.11. The van der Waals surface area contributed by atoms with Crippen LogP contribution in [-0.4, -0.2) is 17.6 Å². The Hall–Kier alpha value is -2.00. The topological polar surface area (TPSA) is 40.5 Å². The highest BCUT2D eigenvalue weighted by Gasteiger charge is 2.09. The second-order valence-electron chi connectivity index (χ2n) is 4.53. The smallest absolute Gasteiger partial charge is 0.305 e. The molecule has 0 aromatic heterocycles. The standard InChI is InChI=1S/C16H16ClNO2/c17-14-6-8-15(9-7-14)18(11-10-16(19)20)12-13-4-2-1-3-5-13/h1-9H,10-12H2,(H,19,20). The summed E-state index contributed by atoms with van der Waals surface area (Å²) < 4.78 is 0. The van der Waals surface area contributed by atoms with E-state index in [1.807, 2.05) is 59.5 Å². The van der Waals surface area contributed by atoms with Crippen molar-refractivity contribution in [1.29, 1.82) is 0 Å². The summed E-state index contributed by atoms with van der Waals surface area (Å²) in [5.74, 6) is -0.794. The van der Waals surface area contributed by atoms with Gasteiger partial charge >= 0.3 is 5.97 Å². The number of halogens is 1. The highest BCUT2D eigenvalue weighted by Crippen LogP contribution is 2.20. The lowest BCUT2D eigenvalue weighted by Crippen LogP contribution is -2.25. The molecule has 0 spiro atoms. The Labute approximate surface area is 123 Å². The molecule has 1 N–H and O–H groups in total. The summed E-state index contributed by atoms with van der Waals surface area (Å²) in [6.45, 7) is 1.14. The van der Waals surface area contributed by atoms with Crippen molar-refractivity contribution < 1.29 is 9.90 Å². The first-order valence-corrected chi connectivity index (χ1v) is 6.79. The first kappa shape index (κ1) is 14.4. The molecule has 3 nitrogen and oxygen atoms in total. The van der Waals surface area contributed by atoms with Crippen molar-refractivity contribution >= 4 is 23.3 Å². The van der Waals surface area contributed by atoms with E-state index in [1.165, 1.54) is 0 Å². The minimum absolute atomic E-state index is 0.107. The van der Waals surface area contributed by atoms with Crippen molar-refractivity contribution in [2.75, 3.05) is 11.4 Å². The van der Waals surface area contributed by atoms with Gasteiger partial charge in [0.2, 0.25) is 0 Å². The zero-order valence-electron chi connectivity index (χ0n) is 11.0. The van der Waals surface area contributed by atoms with Crippen LogP contribution >= 0.6 is 11.6 Å². The molecule has 4 heteroatoms. The number of anilines is 1.